The molecule has 2 aromatic carbocycles. The Hall–Kier alpha value is -4.86. The number of nitrogens with zero attached hydrogens (tertiary/aromatic N) is 1. The second kappa shape index (κ2) is 9.96. The van der Waals surface area contributed by atoms with E-state index < -0.39 is 23.9 Å². The lowest BCUT2D eigenvalue weighted by Gasteiger charge is -2.10. The molecule has 3 amide bonds. The number of ether oxygens (including phenoxy) is 3. The number of hydrogen-bond acceptors (Lipinski definition) is 8. The van der Waals surface area contributed by atoms with Crippen molar-refractivity contribution in [3.63, 3.8) is 0 Å². The molecule has 1 saturated heterocycles. The molecular weight excluding hydrogens is 456 g/mol. The van der Waals surface area contributed by atoms with E-state index in [-0.39, 0.29) is 35.3 Å². The third kappa shape index (κ3) is 5.06. The summed E-state index contributed by atoms with van der Waals surface area (Å²) in [5.74, 6) is -1.12. The van der Waals surface area contributed by atoms with E-state index in [9.17, 15) is 19.2 Å². The van der Waals surface area contributed by atoms with Crippen LogP contribution in [-0.2, 0) is 16.1 Å². The predicted octanol–water partition coefficient (Wildman–Crippen LogP) is 3.39. The average molecular weight is 476 g/mol. The highest BCUT2D eigenvalue weighted by Gasteiger charge is 2.34. The molecule has 178 valence electrons. The summed E-state index contributed by atoms with van der Waals surface area (Å²) in [6, 6.07) is 15.5. The van der Waals surface area contributed by atoms with Crippen LogP contribution in [0.25, 0.3) is 6.08 Å². The Labute approximate surface area is 199 Å². The van der Waals surface area contributed by atoms with E-state index in [1.807, 2.05) is 0 Å². The third-order valence-corrected chi connectivity index (χ3v) is 5.04. The van der Waals surface area contributed by atoms with E-state index in [2.05, 4.69) is 10.1 Å². The van der Waals surface area contributed by atoms with Gasteiger partial charge in [-0.15, -0.1) is 0 Å². The topological polar surface area (TPSA) is 124 Å². The van der Waals surface area contributed by atoms with Crippen molar-refractivity contribution in [2.75, 3.05) is 14.2 Å². The van der Waals surface area contributed by atoms with Crippen molar-refractivity contribution in [1.29, 1.82) is 0 Å². The smallest absolute Gasteiger partial charge is 0.373 e. The molecule has 1 N–H and O–H groups in total. The van der Waals surface area contributed by atoms with Crippen LogP contribution >= 0.6 is 0 Å². The number of benzene rings is 2. The van der Waals surface area contributed by atoms with Crippen LogP contribution in [0.5, 0.6) is 11.5 Å². The van der Waals surface area contributed by atoms with E-state index in [1.165, 1.54) is 38.5 Å². The maximum absolute atomic E-state index is 12.8. The molecule has 35 heavy (non-hydrogen) atoms. The van der Waals surface area contributed by atoms with Gasteiger partial charge in [0.2, 0.25) is 5.76 Å². The summed E-state index contributed by atoms with van der Waals surface area (Å²) in [6.45, 7) is -0.170. The Morgan fingerprint density at radius 1 is 0.971 bits per heavy atom. The van der Waals surface area contributed by atoms with Crippen molar-refractivity contribution in [3.05, 3.63) is 89.0 Å². The number of carbonyl (C=O) groups excluding carboxylic acids is 4. The van der Waals surface area contributed by atoms with E-state index in [0.717, 1.165) is 4.90 Å². The molecule has 10 heteroatoms. The normalized spacial score (nSPS) is 14.1. The van der Waals surface area contributed by atoms with Crippen LogP contribution in [0.3, 0.4) is 0 Å². The molecule has 0 atom stereocenters. The Morgan fingerprint density at radius 2 is 1.74 bits per heavy atom. The van der Waals surface area contributed by atoms with Crippen molar-refractivity contribution in [1.82, 2.24) is 10.2 Å². The van der Waals surface area contributed by atoms with Gasteiger partial charge in [0.1, 0.15) is 11.5 Å². The molecule has 0 saturated carbocycles. The predicted molar refractivity (Wildman–Crippen MR) is 122 cm³/mol. The SMILES string of the molecule is COC(=O)c1ccc(CN2C(=O)N/C(=C\c3ccc(OC(=O)c4ccccc4)c(OC)c3)C2=O)o1. The summed E-state index contributed by atoms with van der Waals surface area (Å²) in [5, 5.41) is 2.51. The van der Waals surface area contributed by atoms with Crippen LogP contribution in [0.4, 0.5) is 4.79 Å². The average Bonchev–Trinajstić information content (AvgIpc) is 3.45. The largest absolute Gasteiger partial charge is 0.493 e. The summed E-state index contributed by atoms with van der Waals surface area (Å²) in [7, 11) is 2.64. The molecule has 3 aromatic rings. The first kappa shape index (κ1) is 23.3. The highest BCUT2D eigenvalue weighted by Crippen LogP contribution is 2.30. The maximum atomic E-state index is 12.8. The number of nitrogens with one attached hydrogen (secondary N) is 1. The quantitative estimate of drug-likeness (QED) is 0.238. The van der Waals surface area contributed by atoms with Gasteiger partial charge in [0.25, 0.3) is 5.91 Å². The number of carbonyl (C=O) groups is 4. The molecule has 1 fully saturated rings. The Balaban J connectivity index is 1.49. The Morgan fingerprint density at radius 3 is 2.46 bits per heavy atom. The summed E-state index contributed by atoms with van der Waals surface area (Å²) in [4.78, 5) is 50.0. The standard InChI is InChI=1S/C25H20N2O8/c1-32-21-13-15(8-10-19(21)35-23(29)16-6-4-3-5-7-16)12-18-22(28)27(25(31)26-18)14-17-9-11-20(34-17)24(30)33-2/h3-13H,14H2,1-2H3,(H,26,31)/b18-12-. The van der Waals surface area contributed by atoms with Gasteiger partial charge < -0.3 is 23.9 Å². The minimum absolute atomic E-state index is 0.0332. The van der Waals surface area contributed by atoms with Gasteiger partial charge in [0.15, 0.2) is 11.5 Å². The van der Waals surface area contributed by atoms with Crippen LogP contribution in [-0.4, -0.2) is 43.0 Å². The molecule has 10 nitrogen and oxygen atoms in total. The summed E-state index contributed by atoms with van der Waals surface area (Å²) in [5.41, 5.74) is 0.944. The highest BCUT2D eigenvalue weighted by atomic mass is 16.6. The summed E-state index contributed by atoms with van der Waals surface area (Å²) in [6.07, 6.45) is 1.47. The molecule has 4 rings (SSSR count). The zero-order valence-corrected chi connectivity index (χ0v) is 18.8. The molecule has 1 aromatic heterocycles. The number of methoxy groups -OCH3 is 2. The first-order valence-electron chi connectivity index (χ1n) is 10.4. The summed E-state index contributed by atoms with van der Waals surface area (Å²) < 4.78 is 20.7. The minimum atomic E-state index is -0.666. The van der Waals surface area contributed by atoms with Gasteiger partial charge in [-0.05, 0) is 48.0 Å². The van der Waals surface area contributed by atoms with Crippen molar-refractivity contribution in [2.24, 2.45) is 0 Å². The van der Waals surface area contributed by atoms with Crippen molar-refractivity contribution >= 4 is 30.0 Å². The number of hydrogen-bond donors (Lipinski definition) is 1. The molecule has 0 unspecified atom stereocenters. The van der Waals surface area contributed by atoms with Gasteiger partial charge in [-0.1, -0.05) is 24.3 Å². The molecule has 1 aliphatic heterocycles. The van der Waals surface area contributed by atoms with Crippen LogP contribution < -0.4 is 14.8 Å². The third-order valence-electron chi connectivity index (χ3n) is 5.04. The summed E-state index contributed by atoms with van der Waals surface area (Å²) >= 11 is 0. The molecular formula is C25H20N2O8. The van der Waals surface area contributed by atoms with Crippen LogP contribution in [0.15, 0.2) is 70.8 Å². The van der Waals surface area contributed by atoms with E-state index in [4.69, 9.17) is 13.9 Å². The Bertz CT molecular complexity index is 1330. The lowest BCUT2D eigenvalue weighted by molar-refractivity contribution is -0.123. The second-order valence-electron chi connectivity index (χ2n) is 7.30. The first-order chi connectivity index (χ1) is 16.9. The zero-order valence-electron chi connectivity index (χ0n) is 18.8. The lowest BCUT2D eigenvalue weighted by Crippen LogP contribution is -2.30. The fourth-order valence-electron chi connectivity index (χ4n) is 3.30. The lowest BCUT2D eigenvalue weighted by atomic mass is 10.1. The number of imide groups is 1. The van der Waals surface area contributed by atoms with Crippen LogP contribution in [0.2, 0.25) is 0 Å². The van der Waals surface area contributed by atoms with Crippen molar-refractivity contribution < 1.29 is 37.8 Å². The number of rotatable bonds is 7. The minimum Gasteiger partial charge on any atom is -0.493 e. The molecule has 2 heterocycles. The molecule has 0 spiro atoms. The Kier molecular flexibility index (Phi) is 6.63. The maximum Gasteiger partial charge on any atom is 0.373 e. The van der Waals surface area contributed by atoms with Crippen LogP contribution in [0.1, 0.15) is 32.2 Å². The molecule has 0 aliphatic carbocycles. The number of urea groups is 1. The fraction of sp³-hybridized carbons (Fsp3) is 0.120. The van der Waals surface area contributed by atoms with Gasteiger partial charge in [-0.2, -0.15) is 0 Å². The van der Waals surface area contributed by atoms with Gasteiger partial charge >= 0.3 is 18.0 Å². The van der Waals surface area contributed by atoms with E-state index in [0.29, 0.717) is 11.1 Å². The number of amides is 3. The van der Waals surface area contributed by atoms with Gasteiger partial charge in [-0.3, -0.25) is 9.69 Å². The second-order valence-corrected chi connectivity index (χ2v) is 7.30. The molecule has 1 aliphatic rings. The van der Waals surface area contributed by atoms with Gasteiger partial charge in [0, 0.05) is 0 Å². The highest BCUT2D eigenvalue weighted by molar-refractivity contribution is 6.13. The first-order valence-corrected chi connectivity index (χ1v) is 10.4. The van der Waals surface area contributed by atoms with Crippen molar-refractivity contribution in [2.45, 2.75) is 6.54 Å². The fourth-order valence-corrected chi connectivity index (χ4v) is 3.30. The van der Waals surface area contributed by atoms with Gasteiger partial charge in [-0.25, -0.2) is 14.4 Å². The van der Waals surface area contributed by atoms with Crippen molar-refractivity contribution in [3.8, 4) is 11.5 Å². The van der Waals surface area contributed by atoms with E-state index >= 15 is 0 Å². The van der Waals surface area contributed by atoms with Gasteiger partial charge in [0.05, 0.1) is 26.3 Å². The zero-order chi connectivity index (χ0) is 24.9. The van der Waals surface area contributed by atoms with E-state index in [1.54, 1.807) is 42.5 Å². The monoisotopic (exact) mass is 476 g/mol. The molecule has 0 radical (unpaired) electrons. The number of furan rings is 1. The van der Waals surface area contributed by atoms with Crippen LogP contribution in [0, 0.1) is 0 Å². The molecule has 0 bridgehead atoms. The number of esters is 2.